The first-order valence-corrected chi connectivity index (χ1v) is 4.61. The van der Waals surface area contributed by atoms with E-state index < -0.39 is 17.1 Å². The molecule has 1 aromatic rings. The molecule has 1 atom stereocenters. The van der Waals surface area contributed by atoms with E-state index in [1.807, 2.05) is 0 Å². The van der Waals surface area contributed by atoms with Crippen LogP contribution >= 0.6 is 23.2 Å². The van der Waals surface area contributed by atoms with E-state index in [2.05, 4.69) is 0 Å². The van der Waals surface area contributed by atoms with Gasteiger partial charge in [0.2, 0.25) is 0 Å². The largest absolute Gasteiger partial charge is 0.420 e. The summed E-state index contributed by atoms with van der Waals surface area (Å²) in [6.45, 7) is 0. The maximum Gasteiger partial charge on any atom is 0.382 e. The molecule has 0 aromatic heterocycles. The second kappa shape index (κ2) is 3.26. The lowest BCUT2D eigenvalue weighted by Crippen LogP contribution is -2.29. The van der Waals surface area contributed by atoms with Gasteiger partial charge in [0.05, 0.1) is 0 Å². The first-order chi connectivity index (χ1) is 6.61. The molecular formula is C9H4Cl2O3. The number of halogens is 2. The van der Waals surface area contributed by atoms with Crippen LogP contribution in [0.25, 0.3) is 0 Å². The highest BCUT2D eigenvalue weighted by Gasteiger charge is 2.36. The maximum atomic E-state index is 11.2. The molecule has 5 heteroatoms. The van der Waals surface area contributed by atoms with Crippen LogP contribution in [0, 0.1) is 0 Å². The number of esters is 1. The van der Waals surface area contributed by atoms with Crippen LogP contribution in [0.4, 0.5) is 0 Å². The lowest BCUT2D eigenvalue weighted by Gasteiger charge is -2.19. The van der Waals surface area contributed by atoms with Gasteiger partial charge in [-0.25, -0.2) is 4.79 Å². The number of Topliss-reactive ketones (excluding diaryl/α,β-unsaturated/α-hetero) is 1. The molecule has 3 nitrogen and oxygen atoms in total. The van der Waals surface area contributed by atoms with Gasteiger partial charge in [-0.3, -0.25) is 4.79 Å². The Morgan fingerprint density at radius 3 is 2.71 bits per heavy atom. The maximum absolute atomic E-state index is 11.2. The Balaban J connectivity index is 2.62. The van der Waals surface area contributed by atoms with Gasteiger partial charge in [-0.2, -0.15) is 0 Å². The highest BCUT2D eigenvalue weighted by atomic mass is 35.5. The highest BCUT2D eigenvalue weighted by molar-refractivity contribution is 6.49. The molecule has 1 aliphatic heterocycles. The normalized spacial score (nSPS) is 20.3. The van der Waals surface area contributed by atoms with Crippen molar-refractivity contribution in [2.45, 2.75) is 5.38 Å². The lowest BCUT2D eigenvalue weighted by atomic mass is 10.0. The predicted octanol–water partition coefficient (Wildman–Crippen LogP) is 2.11. The summed E-state index contributed by atoms with van der Waals surface area (Å²) in [6, 6.07) is 4.75. The smallest absolute Gasteiger partial charge is 0.382 e. The molecule has 0 radical (unpaired) electrons. The van der Waals surface area contributed by atoms with Gasteiger partial charge in [-0.15, -0.1) is 11.6 Å². The van der Waals surface area contributed by atoms with E-state index in [9.17, 15) is 9.59 Å². The molecule has 0 bridgehead atoms. The molecule has 14 heavy (non-hydrogen) atoms. The van der Waals surface area contributed by atoms with Gasteiger partial charge in [0, 0.05) is 10.6 Å². The SMILES string of the molecule is O=C1Oc2cccc(Cl)c2C(Cl)C1=O. The van der Waals surface area contributed by atoms with Crippen LogP contribution in [0.5, 0.6) is 5.75 Å². The molecule has 0 amide bonds. The Bertz CT molecular complexity index is 428. The van der Waals surface area contributed by atoms with Crippen molar-refractivity contribution < 1.29 is 14.3 Å². The van der Waals surface area contributed by atoms with Gasteiger partial charge < -0.3 is 4.74 Å². The van der Waals surface area contributed by atoms with E-state index in [1.54, 1.807) is 18.2 Å². The van der Waals surface area contributed by atoms with Crippen LogP contribution in [0.2, 0.25) is 5.02 Å². The number of ether oxygens (including phenoxy) is 1. The van der Waals surface area contributed by atoms with E-state index in [0.29, 0.717) is 10.6 Å². The molecule has 0 N–H and O–H groups in total. The van der Waals surface area contributed by atoms with E-state index in [4.69, 9.17) is 27.9 Å². The predicted molar refractivity (Wildman–Crippen MR) is 50.7 cm³/mol. The summed E-state index contributed by atoms with van der Waals surface area (Å²) in [5.74, 6) is -1.48. The fraction of sp³-hybridized carbons (Fsp3) is 0.111. The number of fused-ring (bicyclic) bond motifs is 1. The van der Waals surface area contributed by atoms with E-state index in [1.165, 1.54) is 0 Å². The molecule has 1 heterocycles. The van der Waals surface area contributed by atoms with E-state index in [0.717, 1.165) is 0 Å². The van der Waals surface area contributed by atoms with E-state index in [-0.39, 0.29) is 5.75 Å². The van der Waals surface area contributed by atoms with Gasteiger partial charge in [0.1, 0.15) is 11.1 Å². The molecule has 0 spiro atoms. The Hall–Kier alpha value is -1.06. The van der Waals surface area contributed by atoms with Crippen molar-refractivity contribution in [3.05, 3.63) is 28.8 Å². The fourth-order valence-electron chi connectivity index (χ4n) is 1.24. The van der Waals surface area contributed by atoms with Crippen molar-refractivity contribution in [3.8, 4) is 5.75 Å². The first-order valence-electron chi connectivity index (χ1n) is 3.80. The standard InChI is InChI=1S/C9H4Cl2O3/c10-4-2-1-3-5-6(4)7(11)8(12)9(13)14-5/h1-3,7H. The van der Waals surface area contributed by atoms with Gasteiger partial charge in [0.25, 0.3) is 5.78 Å². The Labute approximate surface area is 89.6 Å². The number of hydrogen-bond donors (Lipinski definition) is 0. The Morgan fingerprint density at radius 1 is 1.29 bits per heavy atom. The van der Waals surface area contributed by atoms with Gasteiger partial charge in [0.15, 0.2) is 0 Å². The topological polar surface area (TPSA) is 43.4 Å². The third kappa shape index (κ3) is 1.29. The van der Waals surface area contributed by atoms with Crippen molar-refractivity contribution in [1.29, 1.82) is 0 Å². The number of carbonyl (C=O) groups is 2. The van der Waals surface area contributed by atoms with E-state index >= 15 is 0 Å². The summed E-state index contributed by atoms with van der Waals surface area (Å²) >= 11 is 11.6. The second-order valence-corrected chi connectivity index (χ2v) is 3.61. The monoisotopic (exact) mass is 230 g/mol. The molecule has 1 aromatic carbocycles. The first kappa shape index (κ1) is 9.49. The summed E-state index contributed by atoms with van der Waals surface area (Å²) in [6.07, 6.45) is 0. The minimum absolute atomic E-state index is 0.252. The summed E-state index contributed by atoms with van der Waals surface area (Å²) < 4.78 is 4.74. The Morgan fingerprint density at radius 2 is 2.00 bits per heavy atom. The number of benzene rings is 1. The van der Waals surface area contributed by atoms with Crippen molar-refractivity contribution >= 4 is 35.0 Å². The van der Waals surface area contributed by atoms with Crippen molar-refractivity contribution in [3.63, 3.8) is 0 Å². The molecule has 0 aliphatic carbocycles. The molecule has 0 saturated heterocycles. The van der Waals surface area contributed by atoms with Crippen LogP contribution in [0.1, 0.15) is 10.9 Å². The second-order valence-electron chi connectivity index (χ2n) is 2.77. The molecule has 72 valence electrons. The average molecular weight is 231 g/mol. The zero-order valence-electron chi connectivity index (χ0n) is 6.79. The Kier molecular flexibility index (Phi) is 2.21. The summed E-state index contributed by atoms with van der Waals surface area (Å²) in [5.41, 5.74) is 0.362. The lowest BCUT2D eigenvalue weighted by molar-refractivity contribution is -0.148. The highest BCUT2D eigenvalue weighted by Crippen LogP contribution is 2.39. The van der Waals surface area contributed by atoms with Crippen LogP contribution in [-0.2, 0) is 9.59 Å². The van der Waals surface area contributed by atoms with Crippen molar-refractivity contribution in [2.75, 3.05) is 0 Å². The molecule has 1 aliphatic rings. The third-order valence-corrected chi connectivity index (χ3v) is 2.65. The zero-order valence-corrected chi connectivity index (χ0v) is 8.30. The quantitative estimate of drug-likeness (QED) is 0.297. The number of hydrogen-bond acceptors (Lipinski definition) is 3. The van der Waals surface area contributed by atoms with Gasteiger partial charge in [-0.1, -0.05) is 17.7 Å². The summed E-state index contributed by atoms with van der Waals surface area (Å²) in [7, 11) is 0. The van der Waals surface area contributed by atoms with Crippen LogP contribution in [0.15, 0.2) is 18.2 Å². The van der Waals surface area contributed by atoms with Crippen LogP contribution in [0.3, 0.4) is 0 Å². The molecule has 1 unspecified atom stereocenters. The molecular weight excluding hydrogens is 227 g/mol. The minimum atomic E-state index is -1.04. The number of carbonyl (C=O) groups excluding carboxylic acids is 2. The van der Waals surface area contributed by atoms with Crippen molar-refractivity contribution in [2.24, 2.45) is 0 Å². The van der Waals surface area contributed by atoms with Crippen LogP contribution in [-0.4, -0.2) is 11.8 Å². The van der Waals surface area contributed by atoms with Gasteiger partial charge >= 0.3 is 5.97 Å². The minimum Gasteiger partial charge on any atom is -0.420 e. The zero-order chi connectivity index (χ0) is 10.3. The van der Waals surface area contributed by atoms with Crippen molar-refractivity contribution in [1.82, 2.24) is 0 Å². The van der Waals surface area contributed by atoms with Gasteiger partial charge in [-0.05, 0) is 12.1 Å². The molecule has 0 fully saturated rings. The molecule has 2 rings (SSSR count). The average Bonchev–Trinajstić information content (AvgIpc) is 2.14. The summed E-state index contributed by atoms with van der Waals surface area (Å²) in [4.78, 5) is 22.2. The number of alkyl halides is 1. The number of rotatable bonds is 0. The van der Waals surface area contributed by atoms with Crippen LogP contribution < -0.4 is 4.74 Å². The summed E-state index contributed by atoms with van der Waals surface area (Å²) in [5, 5.41) is -0.719. The fourth-order valence-corrected chi connectivity index (χ4v) is 1.88. The molecule has 0 saturated carbocycles. The third-order valence-electron chi connectivity index (χ3n) is 1.90. The number of ketones is 1.